The molecule has 0 aliphatic heterocycles. The molecule has 1 N–H and O–H groups in total. The fourth-order valence-corrected chi connectivity index (χ4v) is 2.30. The van der Waals surface area contributed by atoms with Crippen molar-refractivity contribution in [3.05, 3.63) is 47.0 Å². The van der Waals surface area contributed by atoms with Gasteiger partial charge in [-0.25, -0.2) is 4.39 Å². The fourth-order valence-electron chi connectivity index (χ4n) is 2.30. The molecule has 19 heavy (non-hydrogen) atoms. The minimum absolute atomic E-state index is 0.0947. The van der Waals surface area contributed by atoms with Crippen molar-refractivity contribution >= 4 is 5.69 Å². The van der Waals surface area contributed by atoms with Gasteiger partial charge in [0.1, 0.15) is 5.82 Å². The maximum Gasteiger partial charge on any atom is 0.123 e. The quantitative estimate of drug-likeness (QED) is 0.908. The van der Waals surface area contributed by atoms with Crippen molar-refractivity contribution in [2.75, 3.05) is 5.32 Å². The lowest BCUT2D eigenvalue weighted by molar-refractivity contribution is 0.620. The van der Waals surface area contributed by atoms with Gasteiger partial charge in [-0.3, -0.25) is 4.68 Å². The molecule has 0 aliphatic carbocycles. The molecule has 0 radical (unpaired) electrons. The van der Waals surface area contributed by atoms with E-state index in [1.54, 1.807) is 12.1 Å². The molecule has 4 heteroatoms. The van der Waals surface area contributed by atoms with Crippen molar-refractivity contribution in [1.29, 1.82) is 0 Å². The van der Waals surface area contributed by atoms with Gasteiger partial charge in [-0.2, -0.15) is 5.10 Å². The monoisotopic (exact) mass is 261 g/mol. The minimum Gasteiger partial charge on any atom is -0.375 e. The number of nitrogens with zero attached hydrogens (tertiary/aromatic N) is 2. The Kier molecular flexibility index (Phi) is 3.88. The highest BCUT2D eigenvalue weighted by molar-refractivity contribution is 5.53. The van der Waals surface area contributed by atoms with E-state index in [1.807, 2.05) is 31.6 Å². The van der Waals surface area contributed by atoms with E-state index in [0.717, 1.165) is 29.1 Å². The first kappa shape index (κ1) is 13.6. The van der Waals surface area contributed by atoms with E-state index in [2.05, 4.69) is 17.3 Å². The molecule has 0 saturated carbocycles. The van der Waals surface area contributed by atoms with Crippen LogP contribution in [0.1, 0.15) is 36.3 Å². The summed E-state index contributed by atoms with van der Waals surface area (Å²) >= 11 is 0. The van der Waals surface area contributed by atoms with Gasteiger partial charge in [-0.05, 0) is 38.0 Å². The van der Waals surface area contributed by atoms with E-state index >= 15 is 0 Å². The molecule has 1 aromatic heterocycles. The first-order chi connectivity index (χ1) is 9.02. The van der Waals surface area contributed by atoms with Crippen LogP contribution in [0, 0.1) is 19.7 Å². The number of hydrogen-bond acceptors (Lipinski definition) is 2. The molecule has 0 bridgehead atoms. The zero-order valence-electron chi connectivity index (χ0n) is 11.9. The SMILES string of the molecule is CCC(Nc1c(C)nn(C)c1C)c1cccc(F)c1. The highest BCUT2D eigenvalue weighted by Gasteiger charge is 2.15. The second-order valence-electron chi connectivity index (χ2n) is 4.83. The molecular formula is C15H20FN3. The summed E-state index contributed by atoms with van der Waals surface area (Å²) in [5.41, 5.74) is 4.06. The first-order valence-corrected chi connectivity index (χ1v) is 6.55. The smallest absolute Gasteiger partial charge is 0.123 e. The van der Waals surface area contributed by atoms with E-state index in [4.69, 9.17) is 0 Å². The van der Waals surface area contributed by atoms with Gasteiger partial charge in [0, 0.05) is 7.05 Å². The maximum atomic E-state index is 13.3. The van der Waals surface area contributed by atoms with Crippen LogP contribution in [-0.4, -0.2) is 9.78 Å². The van der Waals surface area contributed by atoms with Gasteiger partial charge in [0.15, 0.2) is 0 Å². The Morgan fingerprint density at radius 3 is 2.63 bits per heavy atom. The van der Waals surface area contributed by atoms with Crippen molar-refractivity contribution in [2.24, 2.45) is 7.05 Å². The number of rotatable bonds is 4. The van der Waals surface area contributed by atoms with Crippen LogP contribution in [0.25, 0.3) is 0 Å². The molecule has 1 atom stereocenters. The zero-order chi connectivity index (χ0) is 14.0. The van der Waals surface area contributed by atoms with Gasteiger partial charge in [-0.15, -0.1) is 0 Å². The molecule has 2 aromatic rings. The first-order valence-electron chi connectivity index (χ1n) is 6.55. The lowest BCUT2D eigenvalue weighted by Crippen LogP contribution is -2.11. The molecular weight excluding hydrogens is 241 g/mol. The number of aromatic nitrogens is 2. The normalized spacial score (nSPS) is 12.5. The molecule has 1 unspecified atom stereocenters. The van der Waals surface area contributed by atoms with E-state index in [1.165, 1.54) is 6.07 Å². The fraction of sp³-hybridized carbons (Fsp3) is 0.400. The number of anilines is 1. The topological polar surface area (TPSA) is 29.9 Å². The van der Waals surface area contributed by atoms with Crippen LogP contribution in [0.2, 0.25) is 0 Å². The molecule has 0 aliphatic rings. The predicted octanol–water partition coefficient (Wildman–Crippen LogP) is 3.74. The number of halogens is 1. The van der Waals surface area contributed by atoms with Gasteiger partial charge in [0.05, 0.1) is 23.1 Å². The molecule has 1 aromatic carbocycles. The van der Waals surface area contributed by atoms with Crippen molar-refractivity contribution < 1.29 is 4.39 Å². The Morgan fingerprint density at radius 1 is 1.37 bits per heavy atom. The van der Waals surface area contributed by atoms with E-state index in [0.29, 0.717) is 0 Å². The summed E-state index contributed by atoms with van der Waals surface area (Å²) in [5, 5.41) is 7.87. The Bertz CT molecular complexity index is 575. The molecule has 102 valence electrons. The second-order valence-corrected chi connectivity index (χ2v) is 4.83. The van der Waals surface area contributed by atoms with E-state index < -0.39 is 0 Å². The number of hydrogen-bond donors (Lipinski definition) is 1. The van der Waals surface area contributed by atoms with E-state index in [-0.39, 0.29) is 11.9 Å². The van der Waals surface area contributed by atoms with Crippen LogP contribution in [0.4, 0.5) is 10.1 Å². The number of benzene rings is 1. The highest BCUT2D eigenvalue weighted by Crippen LogP contribution is 2.27. The van der Waals surface area contributed by atoms with Gasteiger partial charge < -0.3 is 5.32 Å². The average molecular weight is 261 g/mol. The lowest BCUT2D eigenvalue weighted by Gasteiger charge is -2.19. The zero-order valence-corrected chi connectivity index (χ0v) is 11.9. The Morgan fingerprint density at radius 2 is 2.11 bits per heavy atom. The molecule has 2 rings (SSSR count). The Labute approximate surface area is 113 Å². The number of nitrogens with one attached hydrogen (secondary N) is 1. The van der Waals surface area contributed by atoms with Crippen LogP contribution in [0.3, 0.4) is 0 Å². The van der Waals surface area contributed by atoms with Crippen molar-refractivity contribution in [2.45, 2.75) is 33.2 Å². The predicted molar refractivity (Wildman–Crippen MR) is 75.7 cm³/mol. The molecule has 0 saturated heterocycles. The second kappa shape index (κ2) is 5.43. The summed E-state index contributed by atoms with van der Waals surface area (Å²) in [6, 6.07) is 6.85. The maximum absolute atomic E-state index is 13.3. The Hall–Kier alpha value is -1.84. The summed E-state index contributed by atoms with van der Waals surface area (Å²) < 4.78 is 15.2. The van der Waals surface area contributed by atoms with Gasteiger partial charge >= 0.3 is 0 Å². The third-order valence-electron chi connectivity index (χ3n) is 3.49. The number of aryl methyl sites for hydroxylation is 2. The lowest BCUT2D eigenvalue weighted by atomic mass is 10.0. The average Bonchev–Trinajstić information content (AvgIpc) is 2.61. The summed E-state index contributed by atoms with van der Waals surface area (Å²) in [6.45, 7) is 6.10. The van der Waals surface area contributed by atoms with Crippen LogP contribution < -0.4 is 5.32 Å². The van der Waals surface area contributed by atoms with Crippen LogP contribution in [0.5, 0.6) is 0 Å². The molecule has 0 amide bonds. The summed E-state index contributed by atoms with van der Waals surface area (Å²) in [4.78, 5) is 0. The summed E-state index contributed by atoms with van der Waals surface area (Å²) in [7, 11) is 1.93. The van der Waals surface area contributed by atoms with Crippen LogP contribution in [-0.2, 0) is 7.05 Å². The minimum atomic E-state index is -0.197. The largest absolute Gasteiger partial charge is 0.375 e. The summed E-state index contributed by atoms with van der Waals surface area (Å²) in [5.74, 6) is -0.197. The summed E-state index contributed by atoms with van der Waals surface area (Å²) in [6.07, 6.45) is 0.886. The van der Waals surface area contributed by atoms with Crippen LogP contribution in [0.15, 0.2) is 24.3 Å². The van der Waals surface area contributed by atoms with Crippen molar-refractivity contribution in [1.82, 2.24) is 9.78 Å². The van der Waals surface area contributed by atoms with Crippen LogP contribution >= 0.6 is 0 Å². The van der Waals surface area contributed by atoms with Crippen molar-refractivity contribution in [3.63, 3.8) is 0 Å². The standard InChI is InChI=1S/C15H20FN3/c1-5-14(12-7-6-8-13(16)9-12)17-15-10(2)18-19(4)11(15)3/h6-9,14,17H,5H2,1-4H3. The third-order valence-corrected chi connectivity index (χ3v) is 3.49. The van der Waals surface area contributed by atoms with Gasteiger partial charge in [0.2, 0.25) is 0 Å². The van der Waals surface area contributed by atoms with Gasteiger partial charge in [-0.1, -0.05) is 19.1 Å². The highest BCUT2D eigenvalue weighted by atomic mass is 19.1. The molecule has 0 fully saturated rings. The molecule has 1 heterocycles. The third kappa shape index (κ3) is 2.78. The molecule has 0 spiro atoms. The molecule has 3 nitrogen and oxygen atoms in total. The van der Waals surface area contributed by atoms with Crippen molar-refractivity contribution in [3.8, 4) is 0 Å². The van der Waals surface area contributed by atoms with E-state index in [9.17, 15) is 4.39 Å². The van der Waals surface area contributed by atoms with Gasteiger partial charge in [0.25, 0.3) is 0 Å². The Balaban J connectivity index is 2.29.